The summed E-state index contributed by atoms with van der Waals surface area (Å²) >= 11 is 3.39. The van der Waals surface area contributed by atoms with E-state index >= 15 is 0 Å². The van der Waals surface area contributed by atoms with Crippen LogP contribution in [0.1, 0.15) is 30.2 Å². The molecule has 0 radical (unpaired) electrons. The third-order valence-electron chi connectivity index (χ3n) is 3.64. The number of nitriles is 1. The third kappa shape index (κ3) is 3.83. The first kappa shape index (κ1) is 17.9. The van der Waals surface area contributed by atoms with Crippen LogP contribution in [0.2, 0.25) is 0 Å². The zero-order valence-corrected chi connectivity index (χ0v) is 15.9. The molecule has 0 spiro atoms. The number of carbonyl (C=O) groups is 1. The van der Waals surface area contributed by atoms with Crippen LogP contribution in [0.5, 0.6) is 0 Å². The van der Waals surface area contributed by atoms with Crippen LogP contribution in [-0.4, -0.2) is 27.4 Å². The lowest BCUT2D eigenvalue weighted by atomic mass is 10.2. The fourth-order valence-corrected chi connectivity index (χ4v) is 2.94. The number of hydrogen-bond acceptors (Lipinski definition) is 5. The van der Waals surface area contributed by atoms with Crippen LogP contribution in [0.4, 0.5) is 5.82 Å². The number of amides is 1. The summed E-state index contributed by atoms with van der Waals surface area (Å²) in [5, 5.41) is 11.6. The molecule has 0 saturated heterocycles. The second-order valence-electron chi connectivity index (χ2n) is 6.19. The molecule has 26 heavy (non-hydrogen) atoms. The number of aromatic nitrogens is 3. The quantitative estimate of drug-likeness (QED) is 0.625. The van der Waals surface area contributed by atoms with Crippen LogP contribution in [-0.2, 0) is 0 Å². The van der Waals surface area contributed by atoms with Crippen LogP contribution in [0.3, 0.4) is 0 Å². The molecule has 0 fully saturated rings. The van der Waals surface area contributed by atoms with E-state index in [-0.39, 0.29) is 17.6 Å². The van der Waals surface area contributed by atoms with Crippen molar-refractivity contribution in [1.82, 2.24) is 20.4 Å². The van der Waals surface area contributed by atoms with Gasteiger partial charge in [-0.1, -0.05) is 32.0 Å². The van der Waals surface area contributed by atoms with E-state index in [1.807, 2.05) is 44.2 Å². The van der Waals surface area contributed by atoms with Gasteiger partial charge in [-0.05, 0) is 34.0 Å². The van der Waals surface area contributed by atoms with E-state index in [9.17, 15) is 4.79 Å². The molecular formula is C18H17BrN6O. The molecule has 0 aliphatic rings. The highest BCUT2D eigenvalue weighted by Crippen LogP contribution is 2.23. The molecule has 2 aromatic heterocycles. The van der Waals surface area contributed by atoms with Gasteiger partial charge in [-0.2, -0.15) is 10.2 Å². The van der Waals surface area contributed by atoms with Gasteiger partial charge in [-0.3, -0.25) is 15.2 Å². The maximum atomic E-state index is 12.7. The van der Waals surface area contributed by atoms with E-state index in [1.54, 1.807) is 11.1 Å². The van der Waals surface area contributed by atoms with E-state index in [4.69, 9.17) is 5.26 Å². The second-order valence-corrected chi connectivity index (χ2v) is 7.05. The van der Waals surface area contributed by atoms with Gasteiger partial charge in [0.2, 0.25) is 5.82 Å². The Hall–Kier alpha value is -2.92. The van der Waals surface area contributed by atoms with Gasteiger partial charge in [-0.25, -0.2) is 4.98 Å². The molecule has 0 bridgehead atoms. The fourth-order valence-electron chi connectivity index (χ4n) is 2.53. The topological polar surface area (TPSA) is 97.7 Å². The van der Waals surface area contributed by atoms with Gasteiger partial charge in [0.15, 0.2) is 5.82 Å². The largest absolute Gasteiger partial charge is 0.350 e. The molecule has 3 rings (SSSR count). The predicted molar refractivity (Wildman–Crippen MR) is 102 cm³/mol. The Bertz CT molecular complexity index is 958. The average molecular weight is 413 g/mol. The van der Waals surface area contributed by atoms with Crippen molar-refractivity contribution in [2.75, 3.05) is 11.6 Å². The maximum Gasteiger partial charge on any atom is 0.286 e. The SMILES string of the molecule is CC(C)CN(NC(=O)c1cc2ccccc2[nH]1)c1nc(C#N)ncc1Br. The number of carbonyl (C=O) groups excluding carboxylic acids is 1. The minimum absolute atomic E-state index is 0.0387. The Kier molecular flexibility index (Phi) is 5.19. The molecule has 0 unspecified atom stereocenters. The highest BCUT2D eigenvalue weighted by molar-refractivity contribution is 9.10. The van der Waals surface area contributed by atoms with Crippen LogP contribution in [0, 0.1) is 17.2 Å². The molecule has 2 N–H and O–H groups in total. The van der Waals surface area contributed by atoms with E-state index in [1.165, 1.54) is 6.20 Å². The Morgan fingerprint density at radius 2 is 2.19 bits per heavy atom. The van der Waals surface area contributed by atoms with Crippen molar-refractivity contribution >= 4 is 38.6 Å². The molecule has 3 aromatic rings. The Morgan fingerprint density at radius 1 is 1.42 bits per heavy atom. The van der Waals surface area contributed by atoms with Gasteiger partial charge in [0.1, 0.15) is 11.8 Å². The lowest BCUT2D eigenvalue weighted by molar-refractivity contribution is 0.0943. The highest BCUT2D eigenvalue weighted by Gasteiger charge is 2.19. The predicted octanol–water partition coefficient (Wildman–Crippen LogP) is 3.40. The lowest BCUT2D eigenvalue weighted by Crippen LogP contribution is -2.45. The molecule has 0 aliphatic carbocycles. The van der Waals surface area contributed by atoms with E-state index < -0.39 is 0 Å². The molecule has 132 valence electrons. The van der Waals surface area contributed by atoms with Crippen LogP contribution < -0.4 is 10.4 Å². The van der Waals surface area contributed by atoms with E-state index in [2.05, 4.69) is 36.3 Å². The zero-order valence-electron chi connectivity index (χ0n) is 14.3. The normalized spacial score (nSPS) is 10.7. The number of para-hydroxylation sites is 1. The van der Waals surface area contributed by atoms with Crippen molar-refractivity contribution in [1.29, 1.82) is 5.26 Å². The van der Waals surface area contributed by atoms with Crippen molar-refractivity contribution in [3.05, 3.63) is 52.5 Å². The number of nitrogens with zero attached hydrogens (tertiary/aromatic N) is 4. The fraction of sp³-hybridized carbons (Fsp3) is 0.222. The number of hydrazine groups is 1. The van der Waals surface area contributed by atoms with Gasteiger partial charge in [0.05, 0.1) is 4.47 Å². The number of rotatable bonds is 5. The molecule has 2 heterocycles. The van der Waals surface area contributed by atoms with Crippen LogP contribution in [0.15, 0.2) is 41.0 Å². The third-order valence-corrected chi connectivity index (χ3v) is 4.20. The number of halogens is 1. The van der Waals surface area contributed by atoms with Crippen molar-refractivity contribution < 1.29 is 4.79 Å². The smallest absolute Gasteiger partial charge is 0.286 e. The molecule has 1 aromatic carbocycles. The van der Waals surface area contributed by atoms with E-state index in [0.29, 0.717) is 22.5 Å². The summed E-state index contributed by atoms with van der Waals surface area (Å²) in [4.78, 5) is 24.0. The Morgan fingerprint density at radius 3 is 2.88 bits per heavy atom. The van der Waals surface area contributed by atoms with E-state index in [0.717, 1.165) is 10.9 Å². The number of nitrogens with one attached hydrogen (secondary N) is 2. The van der Waals surface area contributed by atoms with Crippen LogP contribution in [0.25, 0.3) is 10.9 Å². The van der Waals surface area contributed by atoms with Gasteiger partial charge in [0, 0.05) is 23.6 Å². The first-order chi connectivity index (χ1) is 12.5. The average Bonchev–Trinajstić information content (AvgIpc) is 3.05. The molecule has 7 nitrogen and oxygen atoms in total. The monoisotopic (exact) mass is 412 g/mol. The molecule has 0 aliphatic heterocycles. The minimum atomic E-state index is -0.286. The first-order valence-corrected chi connectivity index (χ1v) is 8.86. The number of benzene rings is 1. The van der Waals surface area contributed by atoms with Crippen LogP contribution >= 0.6 is 15.9 Å². The summed E-state index contributed by atoms with van der Waals surface area (Å²) in [7, 11) is 0. The van der Waals surface area contributed by atoms with Gasteiger partial charge >= 0.3 is 0 Å². The molecule has 1 amide bonds. The molecule has 0 atom stereocenters. The number of aromatic amines is 1. The number of H-pyrrole nitrogens is 1. The summed E-state index contributed by atoms with van der Waals surface area (Å²) in [5.74, 6) is 0.447. The molecule has 8 heteroatoms. The van der Waals surface area contributed by atoms with Gasteiger partial charge < -0.3 is 4.98 Å². The number of anilines is 1. The number of hydrogen-bond donors (Lipinski definition) is 2. The van der Waals surface area contributed by atoms with Crippen molar-refractivity contribution in [3.8, 4) is 6.07 Å². The summed E-state index contributed by atoms with van der Waals surface area (Å²) in [6, 6.07) is 11.4. The minimum Gasteiger partial charge on any atom is -0.350 e. The first-order valence-electron chi connectivity index (χ1n) is 8.07. The summed E-state index contributed by atoms with van der Waals surface area (Å²) in [6.45, 7) is 4.58. The molecule has 0 saturated carbocycles. The van der Waals surface area contributed by atoms with Gasteiger partial charge in [0.25, 0.3) is 5.91 Å². The summed E-state index contributed by atoms with van der Waals surface area (Å²) in [6.07, 6.45) is 1.50. The summed E-state index contributed by atoms with van der Waals surface area (Å²) in [5.41, 5.74) is 4.21. The zero-order chi connectivity index (χ0) is 18.7. The standard InChI is InChI=1S/C18H17BrN6O/c1-11(2)10-25(17-13(19)9-21-16(8-20)23-17)24-18(26)15-7-12-5-3-4-6-14(12)22-15/h3-7,9,11,22H,10H2,1-2H3,(H,24,26). The van der Waals surface area contributed by atoms with Crippen molar-refractivity contribution in [2.45, 2.75) is 13.8 Å². The van der Waals surface area contributed by atoms with Crippen molar-refractivity contribution in [3.63, 3.8) is 0 Å². The van der Waals surface area contributed by atoms with Gasteiger partial charge in [-0.15, -0.1) is 0 Å². The Labute approximate surface area is 159 Å². The Balaban J connectivity index is 1.91. The lowest BCUT2D eigenvalue weighted by Gasteiger charge is -2.26. The highest BCUT2D eigenvalue weighted by atomic mass is 79.9. The second kappa shape index (κ2) is 7.54. The van der Waals surface area contributed by atoms with Crippen molar-refractivity contribution in [2.24, 2.45) is 5.92 Å². The number of fused-ring (bicyclic) bond motifs is 1. The maximum absolute atomic E-state index is 12.7. The summed E-state index contributed by atoms with van der Waals surface area (Å²) < 4.78 is 0.592. The molecular weight excluding hydrogens is 396 g/mol.